The van der Waals surface area contributed by atoms with Crippen LogP contribution in [-0.4, -0.2) is 8.97 Å². The number of imidazole rings is 1. The van der Waals surface area contributed by atoms with E-state index in [2.05, 4.69) is 0 Å². The van der Waals surface area contributed by atoms with E-state index >= 15 is 0 Å². The summed E-state index contributed by atoms with van der Waals surface area (Å²) in [7, 11) is 1.75. The monoisotopic (exact) mass is 148 g/mol. The molecule has 2 aromatic heterocycles. The fourth-order valence-electron chi connectivity index (χ4n) is 1.16. The van der Waals surface area contributed by atoms with Gasteiger partial charge in [-0.2, -0.15) is 0 Å². The molecule has 3 nitrogen and oxygen atoms in total. The Kier molecular flexibility index (Phi) is 1.12. The Balaban J connectivity index is 3.04. The van der Waals surface area contributed by atoms with Gasteiger partial charge >= 0.3 is 5.69 Å². The van der Waals surface area contributed by atoms with Crippen molar-refractivity contribution in [1.82, 2.24) is 8.97 Å². The van der Waals surface area contributed by atoms with Gasteiger partial charge in [0.1, 0.15) is 0 Å². The van der Waals surface area contributed by atoms with E-state index in [4.69, 9.17) is 0 Å². The summed E-state index contributed by atoms with van der Waals surface area (Å²) in [6, 6.07) is 5.66. The summed E-state index contributed by atoms with van der Waals surface area (Å²) in [4.78, 5) is 11.3. The van der Waals surface area contributed by atoms with Gasteiger partial charge in [0.2, 0.25) is 0 Å². The molecule has 0 N–H and O–H groups in total. The number of pyridine rings is 1. The van der Waals surface area contributed by atoms with Gasteiger partial charge in [-0.25, -0.2) is 4.79 Å². The minimum Gasteiger partial charge on any atom is -0.301 e. The molecule has 56 valence electrons. The third-order valence-corrected chi connectivity index (χ3v) is 1.73. The predicted octanol–water partition coefficient (Wildman–Crippen LogP) is 0.638. The number of nitrogens with zero attached hydrogens (tertiary/aromatic N) is 2. The van der Waals surface area contributed by atoms with Crippen LogP contribution in [0, 0.1) is 0 Å². The van der Waals surface area contributed by atoms with E-state index in [0.29, 0.717) is 0 Å². The zero-order valence-corrected chi connectivity index (χ0v) is 6.19. The summed E-state index contributed by atoms with van der Waals surface area (Å²) in [5.41, 5.74) is 0.931. The highest BCUT2D eigenvalue weighted by molar-refractivity contribution is 5.44. The van der Waals surface area contributed by atoms with Crippen molar-refractivity contribution in [3.05, 3.63) is 41.1 Å². The van der Waals surface area contributed by atoms with Crippen LogP contribution in [0.1, 0.15) is 0 Å². The highest BCUT2D eigenvalue weighted by atomic mass is 16.1. The smallest absolute Gasteiger partial charge is 0.301 e. The maximum Gasteiger partial charge on any atom is 0.332 e. The minimum absolute atomic E-state index is 0.000556. The molecule has 0 aliphatic heterocycles. The molecule has 0 saturated carbocycles. The van der Waals surface area contributed by atoms with Crippen LogP contribution in [0.3, 0.4) is 0 Å². The molecule has 0 atom stereocenters. The Morgan fingerprint density at radius 1 is 1.36 bits per heavy atom. The maximum absolute atomic E-state index is 11.3. The first-order valence-electron chi connectivity index (χ1n) is 3.42. The molecular formula is C8H8N2O. The third kappa shape index (κ3) is 0.774. The zero-order chi connectivity index (χ0) is 7.84. The van der Waals surface area contributed by atoms with Crippen molar-refractivity contribution in [2.75, 3.05) is 0 Å². The summed E-state index contributed by atoms with van der Waals surface area (Å²) in [5, 5.41) is 0. The van der Waals surface area contributed by atoms with Gasteiger partial charge in [-0.05, 0) is 12.1 Å². The van der Waals surface area contributed by atoms with Crippen molar-refractivity contribution < 1.29 is 0 Å². The number of hydrogen-bond acceptors (Lipinski definition) is 1. The van der Waals surface area contributed by atoms with E-state index in [0.717, 1.165) is 5.52 Å². The summed E-state index contributed by atoms with van der Waals surface area (Å²) in [6.07, 6.45) is 3.57. The van der Waals surface area contributed by atoms with Crippen molar-refractivity contribution in [3.63, 3.8) is 0 Å². The summed E-state index contributed by atoms with van der Waals surface area (Å²) in [6.45, 7) is 0. The van der Waals surface area contributed by atoms with Gasteiger partial charge in [0, 0.05) is 19.4 Å². The first kappa shape index (κ1) is 6.22. The first-order chi connectivity index (χ1) is 5.29. The normalized spacial score (nSPS) is 10.6. The topological polar surface area (TPSA) is 26.4 Å². The second-order valence-electron chi connectivity index (χ2n) is 2.52. The van der Waals surface area contributed by atoms with E-state index in [9.17, 15) is 4.79 Å². The van der Waals surface area contributed by atoms with E-state index in [-0.39, 0.29) is 5.69 Å². The molecule has 2 aromatic rings. The van der Waals surface area contributed by atoms with Crippen LogP contribution in [0.25, 0.3) is 5.52 Å². The average Bonchev–Trinajstić information content (AvgIpc) is 2.30. The molecule has 0 aromatic carbocycles. The molecule has 3 heteroatoms. The van der Waals surface area contributed by atoms with E-state index in [1.165, 1.54) is 0 Å². The molecule has 0 saturated heterocycles. The summed E-state index contributed by atoms with van der Waals surface area (Å²) in [5.74, 6) is 0. The number of fused-ring (bicyclic) bond motifs is 1. The highest BCUT2D eigenvalue weighted by Crippen LogP contribution is 1.97. The Hall–Kier alpha value is -1.51. The number of aryl methyl sites for hydroxylation is 1. The fourth-order valence-corrected chi connectivity index (χ4v) is 1.16. The lowest BCUT2D eigenvalue weighted by atomic mass is 10.4. The standard InChI is InChI=1S/C8H8N2O/c1-9-6-7-4-2-3-5-10(7)8(9)11/h2-6H,1H3. The number of rotatable bonds is 0. The largest absolute Gasteiger partial charge is 0.332 e. The van der Waals surface area contributed by atoms with Crippen molar-refractivity contribution in [3.8, 4) is 0 Å². The molecule has 0 spiro atoms. The van der Waals surface area contributed by atoms with Crippen LogP contribution in [0.5, 0.6) is 0 Å². The molecule has 11 heavy (non-hydrogen) atoms. The molecule has 0 radical (unpaired) electrons. The Morgan fingerprint density at radius 2 is 2.18 bits per heavy atom. The lowest BCUT2D eigenvalue weighted by Crippen LogP contribution is -2.16. The lowest BCUT2D eigenvalue weighted by molar-refractivity contribution is 0.839. The van der Waals surface area contributed by atoms with Crippen molar-refractivity contribution in [1.29, 1.82) is 0 Å². The minimum atomic E-state index is 0.000556. The van der Waals surface area contributed by atoms with Gasteiger partial charge in [-0.1, -0.05) is 6.07 Å². The number of hydrogen-bond donors (Lipinski definition) is 0. The van der Waals surface area contributed by atoms with Crippen molar-refractivity contribution in [2.45, 2.75) is 0 Å². The molecule has 0 bridgehead atoms. The molecule has 2 rings (SSSR count). The van der Waals surface area contributed by atoms with Crippen LogP contribution in [-0.2, 0) is 7.05 Å². The number of aromatic nitrogens is 2. The predicted molar refractivity (Wildman–Crippen MR) is 42.6 cm³/mol. The maximum atomic E-state index is 11.3. The first-order valence-corrected chi connectivity index (χ1v) is 3.42. The second kappa shape index (κ2) is 1.99. The molecule has 2 heterocycles. The summed E-state index contributed by atoms with van der Waals surface area (Å²) < 4.78 is 3.18. The van der Waals surface area contributed by atoms with E-state index in [1.807, 2.05) is 24.4 Å². The zero-order valence-electron chi connectivity index (χ0n) is 6.19. The van der Waals surface area contributed by atoms with Gasteiger partial charge in [0.05, 0.1) is 5.52 Å². The average molecular weight is 148 g/mol. The van der Waals surface area contributed by atoms with Crippen molar-refractivity contribution in [2.24, 2.45) is 7.05 Å². The van der Waals surface area contributed by atoms with Gasteiger partial charge in [0.15, 0.2) is 0 Å². The molecule has 0 aliphatic carbocycles. The quantitative estimate of drug-likeness (QED) is 0.538. The Morgan fingerprint density at radius 3 is 2.91 bits per heavy atom. The lowest BCUT2D eigenvalue weighted by Gasteiger charge is -1.86. The van der Waals surface area contributed by atoms with E-state index in [1.54, 1.807) is 22.2 Å². The fraction of sp³-hybridized carbons (Fsp3) is 0.125. The molecular weight excluding hydrogens is 140 g/mol. The van der Waals surface area contributed by atoms with Crippen LogP contribution >= 0.6 is 0 Å². The van der Waals surface area contributed by atoms with Gasteiger partial charge in [-0.3, -0.25) is 4.40 Å². The molecule has 0 aliphatic rings. The van der Waals surface area contributed by atoms with Crippen molar-refractivity contribution >= 4 is 5.52 Å². The molecule has 0 unspecified atom stereocenters. The molecule has 0 amide bonds. The van der Waals surface area contributed by atoms with Crippen LogP contribution in [0.2, 0.25) is 0 Å². The van der Waals surface area contributed by atoms with Gasteiger partial charge < -0.3 is 4.57 Å². The van der Waals surface area contributed by atoms with Crippen LogP contribution in [0.15, 0.2) is 35.4 Å². The summed E-state index contributed by atoms with van der Waals surface area (Å²) >= 11 is 0. The van der Waals surface area contributed by atoms with Gasteiger partial charge in [-0.15, -0.1) is 0 Å². The molecule has 0 fully saturated rings. The van der Waals surface area contributed by atoms with Crippen LogP contribution < -0.4 is 5.69 Å². The third-order valence-electron chi connectivity index (χ3n) is 1.73. The second-order valence-corrected chi connectivity index (χ2v) is 2.52. The highest BCUT2D eigenvalue weighted by Gasteiger charge is 1.97. The van der Waals surface area contributed by atoms with Crippen LogP contribution in [0.4, 0.5) is 0 Å². The van der Waals surface area contributed by atoms with E-state index < -0.39 is 0 Å². The SMILES string of the molecule is Cn1cc2ccccn2c1=O. The van der Waals surface area contributed by atoms with Gasteiger partial charge in [0.25, 0.3) is 0 Å². The Labute approximate surface area is 63.5 Å². The Bertz CT molecular complexity index is 439.